The molecule has 0 spiro atoms. The van der Waals surface area contributed by atoms with Crippen molar-refractivity contribution in [2.75, 3.05) is 19.0 Å². The Morgan fingerprint density at radius 2 is 1.59 bits per heavy atom. The van der Waals surface area contributed by atoms with Crippen LogP contribution in [0.2, 0.25) is 5.02 Å². The van der Waals surface area contributed by atoms with E-state index in [0.29, 0.717) is 16.4 Å². The van der Waals surface area contributed by atoms with Gasteiger partial charge in [-0.1, -0.05) is 16.7 Å². The second-order valence-electron chi connectivity index (χ2n) is 6.27. The predicted octanol–water partition coefficient (Wildman–Crippen LogP) is 5.40. The molecule has 3 aromatic rings. The van der Waals surface area contributed by atoms with E-state index in [1.807, 2.05) is 85.0 Å². The first-order valence-electron chi connectivity index (χ1n) is 8.35. The standard InChI is InChI=1S/C19H21ClN7/c1-25(2)16-8-5-14(6-9-16)21-23-18-10-7-15(13-17(18)20)22-24-19-26(3)11-12-27(19)4/h5-13H,1-4H3/q+1. The van der Waals surface area contributed by atoms with E-state index >= 15 is 0 Å². The Labute approximate surface area is 163 Å². The van der Waals surface area contributed by atoms with Crippen LogP contribution in [-0.2, 0) is 14.1 Å². The number of imidazole rings is 1. The fraction of sp³-hybridized carbons (Fsp3) is 0.211. The summed E-state index contributed by atoms with van der Waals surface area (Å²) in [7, 11) is 7.81. The van der Waals surface area contributed by atoms with E-state index in [-0.39, 0.29) is 0 Å². The summed E-state index contributed by atoms with van der Waals surface area (Å²) in [6, 6.07) is 13.1. The number of azo groups is 2. The minimum absolute atomic E-state index is 0.469. The van der Waals surface area contributed by atoms with Gasteiger partial charge in [-0.05, 0) is 42.5 Å². The molecule has 0 atom stereocenters. The molecule has 3 rings (SSSR count). The van der Waals surface area contributed by atoms with Crippen molar-refractivity contribution >= 4 is 40.3 Å². The van der Waals surface area contributed by atoms with Crippen molar-refractivity contribution in [2.24, 2.45) is 34.6 Å². The van der Waals surface area contributed by atoms with E-state index in [1.54, 1.807) is 12.1 Å². The number of aryl methyl sites for hydroxylation is 2. The molecule has 0 unspecified atom stereocenters. The molecule has 0 radical (unpaired) electrons. The van der Waals surface area contributed by atoms with Gasteiger partial charge in [-0.3, -0.25) is 0 Å². The van der Waals surface area contributed by atoms with Crippen LogP contribution in [0.15, 0.2) is 75.3 Å². The molecule has 8 heteroatoms. The summed E-state index contributed by atoms with van der Waals surface area (Å²) in [5, 5.41) is 17.4. The van der Waals surface area contributed by atoms with Crippen LogP contribution in [-0.4, -0.2) is 18.7 Å². The number of hydrogen-bond donors (Lipinski definition) is 0. The Hall–Kier alpha value is -3.06. The summed E-state index contributed by atoms with van der Waals surface area (Å²) in [5.41, 5.74) is 3.09. The average Bonchev–Trinajstić information content (AvgIpc) is 2.97. The molecule has 0 aliphatic carbocycles. The number of hydrogen-bond acceptors (Lipinski definition) is 5. The highest BCUT2D eigenvalue weighted by atomic mass is 35.5. The lowest BCUT2D eigenvalue weighted by Gasteiger charge is -2.11. The molecule has 7 nitrogen and oxygen atoms in total. The van der Waals surface area contributed by atoms with Crippen LogP contribution in [0.3, 0.4) is 0 Å². The summed E-state index contributed by atoms with van der Waals surface area (Å²) in [6.45, 7) is 0. The summed E-state index contributed by atoms with van der Waals surface area (Å²) in [6.07, 6.45) is 3.83. The van der Waals surface area contributed by atoms with Gasteiger partial charge in [0, 0.05) is 24.9 Å². The van der Waals surface area contributed by atoms with Gasteiger partial charge in [0.15, 0.2) is 0 Å². The van der Waals surface area contributed by atoms with E-state index in [4.69, 9.17) is 11.6 Å². The molecule has 0 saturated carbocycles. The first kappa shape index (κ1) is 18.7. The maximum atomic E-state index is 6.31. The fourth-order valence-electron chi connectivity index (χ4n) is 2.39. The van der Waals surface area contributed by atoms with E-state index in [1.165, 1.54) is 0 Å². The van der Waals surface area contributed by atoms with Crippen molar-refractivity contribution in [1.29, 1.82) is 0 Å². The molecule has 0 saturated heterocycles. The molecule has 0 fully saturated rings. The maximum Gasteiger partial charge on any atom is 0.421 e. The lowest BCUT2D eigenvalue weighted by Crippen LogP contribution is -2.25. The van der Waals surface area contributed by atoms with E-state index in [0.717, 1.165) is 17.3 Å². The monoisotopic (exact) mass is 382 g/mol. The van der Waals surface area contributed by atoms with Crippen LogP contribution >= 0.6 is 11.6 Å². The van der Waals surface area contributed by atoms with Gasteiger partial charge in [-0.2, -0.15) is 5.11 Å². The van der Waals surface area contributed by atoms with Gasteiger partial charge in [0.25, 0.3) is 0 Å². The van der Waals surface area contributed by atoms with Gasteiger partial charge in [-0.25, -0.2) is 9.13 Å². The number of nitrogens with zero attached hydrogens (tertiary/aromatic N) is 7. The van der Waals surface area contributed by atoms with E-state index in [9.17, 15) is 0 Å². The Morgan fingerprint density at radius 1 is 0.926 bits per heavy atom. The zero-order valence-electron chi connectivity index (χ0n) is 15.7. The van der Waals surface area contributed by atoms with Crippen molar-refractivity contribution in [1.82, 2.24) is 4.57 Å². The molecule has 2 aromatic carbocycles. The van der Waals surface area contributed by atoms with Gasteiger partial charge in [0.05, 0.1) is 37.2 Å². The quantitative estimate of drug-likeness (QED) is 0.430. The third-order valence-corrected chi connectivity index (χ3v) is 4.27. The molecule has 0 aliphatic rings. The Morgan fingerprint density at radius 3 is 2.19 bits per heavy atom. The Bertz CT molecular complexity index is 968. The van der Waals surface area contributed by atoms with Gasteiger partial charge in [0.1, 0.15) is 11.4 Å². The number of anilines is 1. The molecular weight excluding hydrogens is 362 g/mol. The highest BCUT2D eigenvalue weighted by molar-refractivity contribution is 6.33. The van der Waals surface area contributed by atoms with Crippen LogP contribution in [0.5, 0.6) is 0 Å². The summed E-state index contributed by atoms with van der Waals surface area (Å²) in [4.78, 5) is 2.03. The SMILES string of the molecule is CN(C)c1ccc(N=Nc2ccc(N=Nc3n(C)cc[n+]3C)cc2Cl)cc1. The molecule has 0 amide bonds. The average molecular weight is 383 g/mol. The van der Waals surface area contributed by atoms with Crippen molar-refractivity contribution in [3.05, 3.63) is 59.9 Å². The first-order chi connectivity index (χ1) is 12.9. The van der Waals surface area contributed by atoms with Gasteiger partial charge < -0.3 is 4.90 Å². The van der Waals surface area contributed by atoms with Gasteiger partial charge >= 0.3 is 5.95 Å². The third kappa shape index (κ3) is 4.57. The molecule has 0 aliphatic heterocycles. The largest absolute Gasteiger partial charge is 0.421 e. The molecule has 27 heavy (non-hydrogen) atoms. The zero-order valence-corrected chi connectivity index (χ0v) is 16.5. The Kier molecular flexibility index (Phi) is 5.61. The van der Waals surface area contributed by atoms with Gasteiger partial charge in [0.2, 0.25) is 0 Å². The fourth-order valence-corrected chi connectivity index (χ4v) is 2.61. The predicted molar refractivity (Wildman–Crippen MR) is 107 cm³/mol. The minimum atomic E-state index is 0.469. The lowest BCUT2D eigenvalue weighted by molar-refractivity contribution is -0.657. The van der Waals surface area contributed by atoms with E-state index in [2.05, 4.69) is 20.5 Å². The normalized spacial score (nSPS) is 11.6. The molecule has 0 bridgehead atoms. The first-order valence-corrected chi connectivity index (χ1v) is 8.73. The van der Waals surface area contributed by atoms with Crippen LogP contribution in [0.25, 0.3) is 0 Å². The summed E-state index contributed by atoms with van der Waals surface area (Å²) >= 11 is 6.31. The molecule has 138 valence electrons. The minimum Gasteiger partial charge on any atom is -0.378 e. The number of rotatable bonds is 5. The van der Waals surface area contributed by atoms with Crippen molar-refractivity contribution in [3.63, 3.8) is 0 Å². The molecule has 0 N–H and O–H groups in total. The summed E-state index contributed by atoms with van der Waals surface area (Å²) < 4.78 is 3.77. The number of aromatic nitrogens is 2. The molecule has 1 aromatic heterocycles. The second kappa shape index (κ2) is 8.09. The highest BCUT2D eigenvalue weighted by Crippen LogP contribution is 2.31. The lowest BCUT2D eigenvalue weighted by atomic mass is 10.3. The van der Waals surface area contributed by atoms with Crippen LogP contribution < -0.4 is 9.47 Å². The highest BCUT2D eigenvalue weighted by Gasteiger charge is 2.10. The zero-order chi connectivity index (χ0) is 19.4. The van der Waals surface area contributed by atoms with E-state index < -0.39 is 0 Å². The smallest absolute Gasteiger partial charge is 0.378 e. The molecular formula is C19H21ClN7+. The second-order valence-corrected chi connectivity index (χ2v) is 6.67. The van der Waals surface area contributed by atoms with Crippen LogP contribution in [0, 0.1) is 0 Å². The third-order valence-electron chi connectivity index (χ3n) is 3.97. The maximum absolute atomic E-state index is 6.31. The van der Waals surface area contributed by atoms with Crippen molar-refractivity contribution < 1.29 is 4.57 Å². The Balaban J connectivity index is 1.74. The number of benzene rings is 2. The number of halogens is 1. The van der Waals surface area contributed by atoms with Crippen LogP contribution in [0.1, 0.15) is 0 Å². The molecule has 1 heterocycles. The van der Waals surface area contributed by atoms with Crippen molar-refractivity contribution in [2.45, 2.75) is 0 Å². The topological polar surface area (TPSA) is 61.5 Å². The van der Waals surface area contributed by atoms with Crippen LogP contribution in [0.4, 0.5) is 28.7 Å². The summed E-state index contributed by atoms with van der Waals surface area (Å²) in [5.74, 6) is 0.732. The van der Waals surface area contributed by atoms with Crippen molar-refractivity contribution in [3.8, 4) is 0 Å². The van der Waals surface area contributed by atoms with Gasteiger partial charge in [-0.15, -0.1) is 5.11 Å².